The lowest BCUT2D eigenvalue weighted by atomic mass is 9.49. The molecule has 114 valence electrons. The molecule has 21 heavy (non-hydrogen) atoms. The summed E-state index contributed by atoms with van der Waals surface area (Å²) in [6, 6.07) is 1.71. The van der Waals surface area contributed by atoms with Gasteiger partial charge in [-0.2, -0.15) is 0 Å². The zero-order valence-corrected chi connectivity index (χ0v) is 13.8. The Balaban J connectivity index is 1.35. The number of carbonyl (C=O) groups excluding carboxylic acids is 1. The summed E-state index contributed by atoms with van der Waals surface area (Å²) in [5, 5.41) is 3.07. The summed E-state index contributed by atoms with van der Waals surface area (Å²) in [6.45, 7) is 0.794. The summed E-state index contributed by atoms with van der Waals surface area (Å²) < 4.78 is 5.64. The van der Waals surface area contributed by atoms with Crippen LogP contribution in [0.15, 0.2) is 21.4 Å². The van der Waals surface area contributed by atoms with E-state index in [-0.39, 0.29) is 5.91 Å². The van der Waals surface area contributed by atoms with E-state index in [1.807, 2.05) is 0 Å². The van der Waals surface area contributed by atoms with Crippen LogP contribution in [0.25, 0.3) is 0 Å². The molecule has 4 fully saturated rings. The third-order valence-electron chi connectivity index (χ3n) is 5.97. The zero-order valence-electron chi connectivity index (χ0n) is 12.2. The Bertz CT molecular complexity index is 515. The summed E-state index contributed by atoms with van der Waals surface area (Å²) in [7, 11) is 0. The lowest BCUT2D eigenvalue weighted by molar-refractivity contribution is -0.0564. The number of carbonyl (C=O) groups is 1. The number of amides is 1. The Hall–Kier alpha value is -0.770. The topological polar surface area (TPSA) is 42.2 Å². The van der Waals surface area contributed by atoms with Crippen molar-refractivity contribution in [1.82, 2.24) is 5.32 Å². The molecule has 0 unspecified atom stereocenters. The molecular weight excluding hydrogens is 330 g/mol. The SMILES string of the molecule is O=C(NCCC12CC3CC(CC(C3)C1)C2)c1ccoc1Br. The molecular formula is C17H22BrNO2. The van der Waals surface area contributed by atoms with Gasteiger partial charge in [0.2, 0.25) is 0 Å². The van der Waals surface area contributed by atoms with Crippen molar-refractivity contribution < 1.29 is 9.21 Å². The average molecular weight is 352 g/mol. The Morgan fingerprint density at radius 3 is 2.38 bits per heavy atom. The van der Waals surface area contributed by atoms with Crippen LogP contribution in [-0.2, 0) is 0 Å². The largest absolute Gasteiger partial charge is 0.457 e. The second kappa shape index (κ2) is 5.15. The molecule has 1 amide bonds. The molecule has 4 saturated carbocycles. The second-order valence-electron chi connectivity index (χ2n) is 7.53. The minimum atomic E-state index is -0.0275. The van der Waals surface area contributed by atoms with Crippen LogP contribution in [0.4, 0.5) is 0 Å². The van der Waals surface area contributed by atoms with Crippen LogP contribution >= 0.6 is 15.9 Å². The quantitative estimate of drug-likeness (QED) is 0.874. The van der Waals surface area contributed by atoms with Gasteiger partial charge in [-0.3, -0.25) is 4.79 Å². The summed E-state index contributed by atoms with van der Waals surface area (Å²) in [6.07, 6.45) is 11.4. The third kappa shape index (κ3) is 2.56. The molecule has 4 aliphatic rings. The first kappa shape index (κ1) is 13.9. The fourth-order valence-electron chi connectivity index (χ4n) is 5.59. The number of hydrogen-bond acceptors (Lipinski definition) is 2. The number of halogens is 1. The van der Waals surface area contributed by atoms with Crippen LogP contribution in [0.1, 0.15) is 55.3 Å². The highest BCUT2D eigenvalue weighted by atomic mass is 79.9. The van der Waals surface area contributed by atoms with Gasteiger partial charge in [0.25, 0.3) is 5.91 Å². The van der Waals surface area contributed by atoms with Crippen LogP contribution < -0.4 is 5.32 Å². The van der Waals surface area contributed by atoms with E-state index in [1.54, 1.807) is 6.07 Å². The Morgan fingerprint density at radius 1 is 1.24 bits per heavy atom. The summed E-state index contributed by atoms with van der Waals surface area (Å²) in [4.78, 5) is 12.1. The standard InChI is InChI=1S/C17H22BrNO2/c18-15-14(1-4-21-15)16(20)19-3-2-17-8-11-5-12(9-17)7-13(6-11)10-17/h1,4,11-13H,2-3,5-10H2,(H,19,20). The molecule has 3 nitrogen and oxygen atoms in total. The lowest BCUT2D eigenvalue weighted by Gasteiger charge is -2.57. The molecule has 1 heterocycles. The Kier molecular flexibility index (Phi) is 3.40. The van der Waals surface area contributed by atoms with Crippen LogP contribution in [0.2, 0.25) is 0 Å². The molecule has 1 N–H and O–H groups in total. The van der Waals surface area contributed by atoms with Crippen LogP contribution in [0.3, 0.4) is 0 Å². The molecule has 0 aliphatic heterocycles. The zero-order chi connectivity index (χ0) is 14.4. The average Bonchev–Trinajstić information content (AvgIpc) is 2.83. The van der Waals surface area contributed by atoms with E-state index in [1.165, 1.54) is 44.8 Å². The van der Waals surface area contributed by atoms with Crippen molar-refractivity contribution in [3.8, 4) is 0 Å². The fraction of sp³-hybridized carbons (Fsp3) is 0.706. The molecule has 4 aliphatic carbocycles. The minimum absolute atomic E-state index is 0.0275. The molecule has 1 aromatic heterocycles. The lowest BCUT2D eigenvalue weighted by Crippen LogP contribution is -2.47. The molecule has 0 radical (unpaired) electrons. The van der Waals surface area contributed by atoms with E-state index < -0.39 is 0 Å². The van der Waals surface area contributed by atoms with E-state index in [0.29, 0.717) is 15.6 Å². The number of furan rings is 1. The smallest absolute Gasteiger partial charge is 0.255 e. The first-order chi connectivity index (χ1) is 10.1. The summed E-state index contributed by atoms with van der Waals surface area (Å²) in [5.41, 5.74) is 1.14. The van der Waals surface area contributed by atoms with Gasteiger partial charge in [0.15, 0.2) is 4.67 Å². The van der Waals surface area contributed by atoms with Crippen molar-refractivity contribution >= 4 is 21.8 Å². The van der Waals surface area contributed by atoms with Gasteiger partial charge < -0.3 is 9.73 Å². The monoisotopic (exact) mass is 351 g/mol. The second-order valence-corrected chi connectivity index (χ2v) is 8.25. The maximum atomic E-state index is 12.1. The molecule has 1 aromatic rings. The number of rotatable bonds is 4. The highest BCUT2D eigenvalue weighted by molar-refractivity contribution is 9.10. The Labute approximate surface area is 134 Å². The highest BCUT2D eigenvalue weighted by Gasteiger charge is 2.50. The maximum absolute atomic E-state index is 12.1. The van der Waals surface area contributed by atoms with Crippen molar-refractivity contribution in [2.75, 3.05) is 6.54 Å². The van der Waals surface area contributed by atoms with E-state index in [0.717, 1.165) is 30.7 Å². The summed E-state index contributed by atoms with van der Waals surface area (Å²) >= 11 is 3.26. The third-order valence-corrected chi connectivity index (χ3v) is 6.58. The van der Waals surface area contributed by atoms with E-state index in [2.05, 4.69) is 21.2 Å². The van der Waals surface area contributed by atoms with Gasteiger partial charge in [0.05, 0.1) is 11.8 Å². The highest BCUT2D eigenvalue weighted by Crippen LogP contribution is 2.61. The Morgan fingerprint density at radius 2 is 1.86 bits per heavy atom. The predicted molar refractivity (Wildman–Crippen MR) is 84.0 cm³/mol. The molecule has 0 aromatic carbocycles. The van der Waals surface area contributed by atoms with Gasteiger partial charge in [-0.05, 0) is 90.1 Å². The van der Waals surface area contributed by atoms with Gasteiger partial charge >= 0.3 is 0 Å². The van der Waals surface area contributed by atoms with Gasteiger partial charge in [-0.15, -0.1) is 0 Å². The first-order valence-corrected chi connectivity index (χ1v) is 8.94. The normalized spacial score (nSPS) is 36.9. The molecule has 5 rings (SSSR count). The van der Waals surface area contributed by atoms with Gasteiger partial charge in [0.1, 0.15) is 0 Å². The van der Waals surface area contributed by atoms with Crippen molar-refractivity contribution in [2.45, 2.75) is 44.9 Å². The van der Waals surface area contributed by atoms with Gasteiger partial charge in [-0.1, -0.05) is 0 Å². The molecule has 0 atom stereocenters. The van der Waals surface area contributed by atoms with Crippen molar-refractivity contribution in [2.24, 2.45) is 23.2 Å². The predicted octanol–water partition coefficient (Wildman–Crippen LogP) is 4.38. The summed E-state index contributed by atoms with van der Waals surface area (Å²) in [5.74, 6) is 2.92. The fourth-order valence-corrected chi connectivity index (χ4v) is 6.01. The maximum Gasteiger partial charge on any atom is 0.255 e. The van der Waals surface area contributed by atoms with Crippen LogP contribution in [-0.4, -0.2) is 12.5 Å². The van der Waals surface area contributed by atoms with Crippen molar-refractivity contribution in [3.63, 3.8) is 0 Å². The van der Waals surface area contributed by atoms with E-state index in [9.17, 15) is 4.79 Å². The molecule has 4 heteroatoms. The van der Waals surface area contributed by atoms with Gasteiger partial charge in [-0.25, -0.2) is 0 Å². The van der Waals surface area contributed by atoms with Crippen molar-refractivity contribution in [1.29, 1.82) is 0 Å². The first-order valence-electron chi connectivity index (χ1n) is 8.15. The molecule has 0 saturated heterocycles. The van der Waals surface area contributed by atoms with Crippen LogP contribution in [0, 0.1) is 23.2 Å². The molecule has 0 spiro atoms. The van der Waals surface area contributed by atoms with E-state index >= 15 is 0 Å². The number of nitrogens with one attached hydrogen (secondary N) is 1. The van der Waals surface area contributed by atoms with Crippen molar-refractivity contribution in [3.05, 3.63) is 22.6 Å². The van der Waals surface area contributed by atoms with Crippen LogP contribution in [0.5, 0.6) is 0 Å². The minimum Gasteiger partial charge on any atom is -0.457 e. The number of hydrogen-bond donors (Lipinski definition) is 1. The van der Waals surface area contributed by atoms with E-state index in [4.69, 9.17) is 4.42 Å². The molecule has 4 bridgehead atoms. The van der Waals surface area contributed by atoms with Gasteiger partial charge in [0, 0.05) is 6.54 Å².